The van der Waals surface area contributed by atoms with Gasteiger partial charge in [0.05, 0.1) is 11.0 Å². The molecule has 0 saturated carbocycles. The summed E-state index contributed by atoms with van der Waals surface area (Å²) in [6.45, 7) is 1.64. The molecule has 0 radical (unpaired) electrons. The minimum Gasteiger partial charge on any atom is -0.240 e. The Balaban J connectivity index is 2.77. The first-order valence-corrected chi connectivity index (χ1v) is 6.40. The molecular formula is C9H9N2OP2+. The Hall–Kier alpha value is -0.910. The van der Waals surface area contributed by atoms with Gasteiger partial charge in [-0.2, -0.15) is 0 Å². The maximum absolute atomic E-state index is 11.3. The number of benzene rings is 1. The highest BCUT2D eigenvalue weighted by Crippen LogP contribution is 2.13. The first-order valence-electron chi connectivity index (χ1n) is 4.11. The predicted octanol–water partition coefficient (Wildman–Crippen LogP) is 1.21. The molecule has 1 aromatic heterocycles. The summed E-state index contributed by atoms with van der Waals surface area (Å²) in [5.74, 6) is 0. The van der Waals surface area contributed by atoms with Crippen LogP contribution in [0, 0.1) is 0 Å². The quantitative estimate of drug-likeness (QED) is 0.682. The van der Waals surface area contributed by atoms with Crippen LogP contribution in [0.3, 0.4) is 0 Å². The van der Waals surface area contributed by atoms with Crippen molar-refractivity contribution < 1.29 is 4.57 Å². The van der Waals surface area contributed by atoms with Crippen LogP contribution in [0.25, 0.3) is 11.0 Å². The number of aromatic nitrogens is 2. The average Bonchev–Trinajstić information content (AvgIpc) is 2.16. The predicted molar refractivity (Wildman–Crippen MR) is 62.0 cm³/mol. The average molecular weight is 223 g/mol. The van der Waals surface area contributed by atoms with E-state index in [1.807, 2.05) is 24.3 Å². The van der Waals surface area contributed by atoms with Crippen molar-refractivity contribution >= 4 is 38.9 Å². The van der Waals surface area contributed by atoms with Crippen LogP contribution in [0.1, 0.15) is 0 Å². The van der Waals surface area contributed by atoms with Crippen molar-refractivity contribution in [2.45, 2.75) is 0 Å². The SMILES string of the molecule is C[P+](=O)c1nc2ccccc2nc1P. The van der Waals surface area contributed by atoms with E-state index in [2.05, 4.69) is 19.2 Å². The molecule has 14 heavy (non-hydrogen) atoms. The Kier molecular flexibility index (Phi) is 2.54. The van der Waals surface area contributed by atoms with E-state index in [0.29, 0.717) is 10.9 Å². The maximum Gasteiger partial charge on any atom is 0.396 e. The van der Waals surface area contributed by atoms with Crippen LogP contribution in [0.4, 0.5) is 0 Å². The summed E-state index contributed by atoms with van der Waals surface area (Å²) in [5, 5.41) is 0. The molecule has 0 bridgehead atoms. The van der Waals surface area contributed by atoms with Crippen molar-refractivity contribution in [1.29, 1.82) is 0 Å². The fraction of sp³-hybridized carbons (Fsp3) is 0.111. The zero-order valence-corrected chi connectivity index (χ0v) is 9.69. The van der Waals surface area contributed by atoms with Gasteiger partial charge in [-0.1, -0.05) is 25.9 Å². The molecule has 0 fully saturated rings. The van der Waals surface area contributed by atoms with E-state index in [1.165, 1.54) is 0 Å². The molecule has 0 N–H and O–H groups in total. The van der Waals surface area contributed by atoms with E-state index in [1.54, 1.807) is 6.66 Å². The second-order valence-electron chi connectivity index (χ2n) is 2.92. The largest absolute Gasteiger partial charge is 0.396 e. The monoisotopic (exact) mass is 223 g/mol. The maximum atomic E-state index is 11.3. The van der Waals surface area contributed by atoms with Crippen LogP contribution < -0.4 is 10.9 Å². The van der Waals surface area contributed by atoms with E-state index in [4.69, 9.17) is 0 Å². The Labute approximate surface area is 85.0 Å². The van der Waals surface area contributed by atoms with Gasteiger partial charge >= 0.3 is 13.2 Å². The van der Waals surface area contributed by atoms with E-state index in [-0.39, 0.29) is 0 Å². The smallest absolute Gasteiger partial charge is 0.240 e. The number of hydrogen-bond acceptors (Lipinski definition) is 3. The molecule has 1 aromatic carbocycles. The molecule has 2 aromatic rings. The Morgan fingerprint density at radius 3 is 2.36 bits per heavy atom. The molecular weight excluding hydrogens is 214 g/mol. The van der Waals surface area contributed by atoms with Crippen LogP contribution in [-0.4, -0.2) is 16.6 Å². The highest BCUT2D eigenvalue weighted by atomic mass is 31.1. The fourth-order valence-corrected chi connectivity index (χ4v) is 2.61. The number of rotatable bonds is 1. The van der Waals surface area contributed by atoms with Gasteiger partial charge in [-0.05, 0) is 12.1 Å². The first-order chi connectivity index (χ1) is 6.68. The minimum absolute atomic E-state index is 0.573. The number of para-hydroxylation sites is 2. The first kappa shape index (κ1) is 9.64. The Morgan fingerprint density at radius 2 is 1.79 bits per heavy atom. The Morgan fingerprint density at radius 1 is 1.21 bits per heavy atom. The van der Waals surface area contributed by atoms with Gasteiger partial charge in [-0.3, -0.25) is 0 Å². The van der Waals surface area contributed by atoms with Crippen molar-refractivity contribution in [1.82, 2.24) is 9.97 Å². The van der Waals surface area contributed by atoms with Crippen molar-refractivity contribution in [3.05, 3.63) is 24.3 Å². The standard InChI is InChI=1S/C9H9N2OP2/c1-14(12)9-8(13)10-6-4-2-3-5-7(6)11-9/h2-5H,13H2,1H3/q+1. The molecule has 70 valence electrons. The van der Waals surface area contributed by atoms with Gasteiger partial charge in [0.2, 0.25) is 0 Å². The van der Waals surface area contributed by atoms with E-state index in [9.17, 15) is 4.57 Å². The molecule has 0 aliphatic rings. The second-order valence-corrected chi connectivity index (χ2v) is 4.88. The van der Waals surface area contributed by atoms with E-state index >= 15 is 0 Å². The summed E-state index contributed by atoms with van der Waals surface area (Å²) >= 11 is 0. The van der Waals surface area contributed by atoms with Gasteiger partial charge in [0.15, 0.2) is 0 Å². The summed E-state index contributed by atoms with van der Waals surface area (Å²) in [6, 6.07) is 7.57. The highest BCUT2D eigenvalue weighted by molar-refractivity contribution is 7.54. The summed E-state index contributed by atoms with van der Waals surface area (Å²) in [6.07, 6.45) is 0. The van der Waals surface area contributed by atoms with E-state index in [0.717, 1.165) is 11.0 Å². The van der Waals surface area contributed by atoms with Crippen molar-refractivity contribution in [3.8, 4) is 0 Å². The van der Waals surface area contributed by atoms with Gasteiger partial charge in [-0.15, -0.1) is 0 Å². The van der Waals surface area contributed by atoms with E-state index < -0.39 is 7.80 Å². The molecule has 2 unspecified atom stereocenters. The number of nitrogens with zero attached hydrogens (tertiary/aromatic N) is 2. The third-order valence-electron chi connectivity index (χ3n) is 1.88. The van der Waals surface area contributed by atoms with Crippen molar-refractivity contribution in [3.63, 3.8) is 0 Å². The van der Waals surface area contributed by atoms with Crippen molar-refractivity contribution in [2.75, 3.05) is 6.66 Å². The summed E-state index contributed by atoms with van der Waals surface area (Å²) in [5.41, 5.74) is 2.87. The molecule has 0 amide bonds. The second kappa shape index (κ2) is 3.68. The third-order valence-corrected chi connectivity index (χ3v) is 3.45. The zero-order chi connectivity index (χ0) is 10.1. The van der Waals surface area contributed by atoms with Crippen LogP contribution in [0.15, 0.2) is 24.3 Å². The number of fused-ring (bicyclic) bond motifs is 1. The van der Waals surface area contributed by atoms with Crippen LogP contribution >= 0.6 is 17.0 Å². The lowest BCUT2D eigenvalue weighted by atomic mass is 10.3. The number of hydrogen-bond donors (Lipinski definition) is 0. The molecule has 0 spiro atoms. The third kappa shape index (κ3) is 1.66. The normalized spacial score (nSPS) is 11.7. The summed E-state index contributed by atoms with van der Waals surface area (Å²) in [4.78, 5) is 8.62. The summed E-state index contributed by atoms with van der Waals surface area (Å²) in [7, 11) is 1.04. The molecule has 0 aliphatic carbocycles. The summed E-state index contributed by atoms with van der Waals surface area (Å²) < 4.78 is 11.3. The lowest BCUT2D eigenvalue weighted by Crippen LogP contribution is -2.21. The highest BCUT2D eigenvalue weighted by Gasteiger charge is 2.19. The van der Waals surface area contributed by atoms with Gasteiger partial charge in [0.25, 0.3) is 0 Å². The van der Waals surface area contributed by atoms with Crippen LogP contribution in [0.5, 0.6) is 0 Å². The van der Waals surface area contributed by atoms with Gasteiger partial charge in [0, 0.05) is 0 Å². The van der Waals surface area contributed by atoms with Crippen LogP contribution in [-0.2, 0) is 4.57 Å². The molecule has 3 nitrogen and oxygen atoms in total. The molecule has 2 atom stereocenters. The fourth-order valence-electron chi connectivity index (χ4n) is 1.24. The van der Waals surface area contributed by atoms with Crippen LogP contribution in [0.2, 0.25) is 0 Å². The van der Waals surface area contributed by atoms with Gasteiger partial charge < -0.3 is 0 Å². The molecule has 0 saturated heterocycles. The molecule has 1 heterocycles. The topological polar surface area (TPSA) is 42.9 Å². The lowest BCUT2D eigenvalue weighted by molar-refractivity contribution is 0.596. The minimum atomic E-state index is -1.43. The molecule has 0 aliphatic heterocycles. The van der Waals surface area contributed by atoms with Gasteiger partial charge in [0.1, 0.15) is 12.1 Å². The lowest BCUT2D eigenvalue weighted by Gasteiger charge is -1.96. The molecule has 2 rings (SSSR count). The van der Waals surface area contributed by atoms with Crippen molar-refractivity contribution in [2.24, 2.45) is 0 Å². The molecule has 5 heteroatoms. The Bertz CT molecular complexity index is 513. The van der Waals surface area contributed by atoms with Gasteiger partial charge in [-0.25, -0.2) is 9.97 Å². The zero-order valence-electron chi connectivity index (χ0n) is 7.64.